The highest BCUT2D eigenvalue weighted by molar-refractivity contribution is 6.30. The first-order valence-electron chi connectivity index (χ1n) is 11.3. The van der Waals surface area contributed by atoms with Crippen molar-refractivity contribution in [2.75, 3.05) is 6.54 Å². The van der Waals surface area contributed by atoms with Gasteiger partial charge in [0.05, 0.1) is 28.5 Å². The molecule has 8 heteroatoms. The highest BCUT2D eigenvalue weighted by Gasteiger charge is 2.31. The molecule has 0 saturated carbocycles. The van der Waals surface area contributed by atoms with Gasteiger partial charge in [0.2, 0.25) is 0 Å². The number of amides is 1. The number of rotatable bonds is 4. The largest absolute Gasteiger partial charge is 0.454 e. The zero-order valence-corrected chi connectivity index (χ0v) is 19.8. The number of carbonyl (C=O) groups is 1. The van der Waals surface area contributed by atoms with Crippen LogP contribution in [0.15, 0.2) is 61.1 Å². The first-order valence-corrected chi connectivity index (χ1v) is 11.7. The highest BCUT2D eigenvalue weighted by atomic mass is 35.5. The number of aromatic nitrogens is 3. The minimum Gasteiger partial charge on any atom is -0.454 e. The molecule has 0 bridgehead atoms. The molecule has 1 fully saturated rings. The van der Waals surface area contributed by atoms with Crippen molar-refractivity contribution in [1.29, 1.82) is 0 Å². The van der Waals surface area contributed by atoms with Crippen molar-refractivity contribution in [2.45, 2.75) is 32.2 Å². The van der Waals surface area contributed by atoms with E-state index in [9.17, 15) is 9.18 Å². The quantitative estimate of drug-likeness (QED) is 0.328. The summed E-state index contributed by atoms with van der Waals surface area (Å²) >= 11 is 5.85. The van der Waals surface area contributed by atoms with E-state index in [0.29, 0.717) is 12.3 Å². The van der Waals surface area contributed by atoms with Gasteiger partial charge in [0, 0.05) is 24.5 Å². The average Bonchev–Trinajstić information content (AvgIpc) is 3.27. The SMILES string of the molecule is CC#CC(=O)N1CCCC[C@H]1c1nc(-c2ccc(Oc3cccc(Cl)c3F)cc2)c2cnccn12. The van der Waals surface area contributed by atoms with Gasteiger partial charge >= 0.3 is 0 Å². The molecule has 0 spiro atoms. The molecule has 0 unspecified atom stereocenters. The van der Waals surface area contributed by atoms with Gasteiger partial charge < -0.3 is 9.64 Å². The lowest BCUT2D eigenvalue weighted by atomic mass is 10.0. The fourth-order valence-corrected chi connectivity index (χ4v) is 4.57. The van der Waals surface area contributed by atoms with Crippen LogP contribution in [-0.4, -0.2) is 31.7 Å². The molecule has 2 aromatic carbocycles. The van der Waals surface area contributed by atoms with Crippen LogP contribution >= 0.6 is 11.6 Å². The van der Waals surface area contributed by atoms with Gasteiger partial charge in [-0.25, -0.2) is 9.37 Å². The number of carbonyl (C=O) groups excluding carboxylic acids is 1. The Balaban J connectivity index is 1.50. The van der Waals surface area contributed by atoms with Crippen LogP contribution < -0.4 is 4.74 Å². The van der Waals surface area contributed by atoms with Crippen LogP contribution in [-0.2, 0) is 4.79 Å². The highest BCUT2D eigenvalue weighted by Crippen LogP contribution is 2.35. The maximum absolute atomic E-state index is 14.2. The number of fused-ring (bicyclic) bond motifs is 1. The monoisotopic (exact) mass is 488 g/mol. The standard InChI is InChI=1S/C27H22ClFN4O2/c1-2-6-24(34)32-15-4-3-8-21(32)27-31-26(22-17-30-14-16-33(22)27)18-10-12-19(13-11-18)35-23-9-5-7-20(28)25(23)29/h5,7,9-14,16-17,21H,3-4,8,15H2,1H3/t21-/m0/s1. The van der Waals surface area contributed by atoms with Gasteiger partial charge in [-0.1, -0.05) is 23.6 Å². The summed E-state index contributed by atoms with van der Waals surface area (Å²) in [6.07, 6.45) is 8.10. The second-order valence-electron chi connectivity index (χ2n) is 8.21. The zero-order valence-electron chi connectivity index (χ0n) is 19.0. The first kappa shape index (κ1) is 22.9. The number of nitrogens with zero attached hydrogens (tertiary/aromatic N) is 4. The summed E-state index contributed by atoms with van der Waals surface area (Å²) < 4.78 is 21.9. The summed E-state index contributed by atoms with van der Waals surface area (Å²) in [5.74, 6) is 5.91. The van der Waals surface area contributed by atoms with Gasteiger partial charge in [-0.3, -0.25) is 14.2 Å². The van der Waals surface area contributed by atoms with Crippen LogP contribution in [0.1, 0.15) is 38.1 Å². The normalized spacial score (nSPS) is 15.5. The van der Waals surface area contributed by atoms with Crippen LogP contribution in [0.4, 0.5) is 4.39 Å². The molecule has 0 N–H and O–H groups in total. The lowest BCUT2D eigenvalue weighted by Gasteiger charge is -2.33. The van der Waals surface area contributed by atoms with E-state index in [4.69, 9.17) is 21.3 Å². The predicted octanol–water partition coefficient (Wildman–Crippen LogP) is 6.06. The van der Waals surface area contributed by atoms with Gasteiger partial charge in [0.25, 0.3) is 5.91 Å². The maximum atomic E-state index is 14.2. The molecule has 176 valence electrons. The van der Waals surface area contributed by atoms with Crippen LogP contribution in [0.3, 0.4) is 0 Å². The van der Waals surface area contributed by atoms with E-state index in [1.807, 2.05) is 27.6 Å². The molecule has 2 aromatic heterocycles. The number of hydrogen-bond donors (Lipinski definition) is 0. The van der Waals surface area contributed by atoms with Gasteiger partial charge in [-0.15, -0.1) is 0 Å². The smallest absolute Gasteiger partial charge is 0.299 e. The molecule has 5 rings (SSSR count). The summed E-state index contributed by atoms with van der Waals surface area (Å²) in [7, 11) is 0. The van der Waals surface area contributed by atoms with Crippen molar-refractivity contribution in [3.8, 4) is 34.6 Å². The molecule has 1 amide bonds. The number of piperidine rings is 1. The number of hydrogen-bond acceptors (Lipinski definition) is 4. The molecule has 1 saturated heterocycles. The van der Waals surface area contributed by atoms with Crippen molar-refractivity contribution >= 4 is 23.0 Å². The summed E-state index contributed by atoms with van der Waals surface area (Å²) in [6, 6.07) is 11.7. The molecule has 6 nitrogen and oxygen atoms in total. The predicted molar refractivity (Wildman–Crippen MR) is 132 cm³/mol. The van der Waals surface area contributed by atoms with Gasteiger partial charge in [-0.05, 0) is 68.5 Å². The number of benzene rings is 2. The molecule has 1 aliphatic rings. The Morgan fingerprint density at radius 2 is 2.03 bits per heavy atom. The van der Waals surface area contributed by atoms with Crippen molar-refractivity contribution in [3.05, 3.63) is 77.7 Å². The molecule has 4 aromatic rings. The van der Waals surface area contributed by atoms with E-state index in [2.05, 4.69) is 16.8 Å². The molecule has 35 heavy (non-hydrogen) atoms. The fraction of sp³-hybridized carbons (Fsp3) is 0.222. The topological polar surface area (TPSA) is 59.7 Å². The Bertz CT molecular complexity index is 1460. The van der Waals surface area contributed by atoms with Crippen LogP contribution in [0.25, 0.3) is 16.8 Å². The molecular formula is C27H22ClFN4O2. The van der Waals surface area contributed by atoms with E-state index in [-0.39, 0.29) is 22.7 Å². The van der Waals surface area contributed by atoms with Gasteiger partial charge in [0.15, 0.2) is 11.6 Å². The Kier molecular flexibility index (Phi) is 6.39. The second-order valence-corrected chi connectivity index (χ2v) is 8.62. The maximum Gasteiger partial charge on any atom is 0.299 e. The molecule has 0 radical (unpaired) electrons. The van der Waals surface area contributed by atoms with Crippen LogP contribution in [0, 0.1) is 17.7 Å². The second kappa shape index (κ2) is 9.77. The van der Waals surface area contributed by atoms with Gasteiger partial charge in [0.1, 0.15) is 11.6 Å². The average molecular weight is 489 g/mol. The number of halogens is 2. The molecule has 1 atom stereocenters. The molecule has 0 aliphatic carbocycles. The summed E-state index contributed by atoms with van der Waals surface area (Å²) in [5.41, 5.74) is 2.42. The molecule has 1 aliphatic heterocycles. The van der Waals surface area contributed by atoms with Crippen molar-refractivity contribution in [1.82, 2.24) is 19.3 Å². The van der Waals surface area contributed by atoms with Crippen molar-refractivity contribution < 1.29 is 13.9 Å². The lowest BCUT2D eigenvalue weighted by Crippen LogP contribution is -2.38. The third-order valence-corrected chi connectivity index (χ3v) is 6.33. The Labute approximate surface area is 207 Å². The van der Waals surface area contributed by atoms with E-state index in [1.165, 1.54) is 12.1 Å². The van der Waals surface area contributed by atoms with E-state index < -0.39 is 5.82 Å². The van der Waals surface area contributed by atoms with Gasteiger partial charge in [-0.2, -0.15) is 0 Å². The Morgan fingerprint density at radius 3 is 2.83 bits per heavy atom. The van der Waals surface area contributed by atoms with E-state index in [0.717, 1.165) is 41.9 Å². The molecule has 3 heterocycles. The Morgan fingerprint density at radius 1 is 1.20 bits per heavy atom. The zero-order chi connectivity index (χ0) is 24.4. The number of ether oxygens (including phenoxy) is 1. The summed E-state index contributed by atoms with van der Waals surface area (Å²) in [6.45, 7) is 2.32. The van der Waals surface area contributed by atoms with Crippen LogP contribution in [0.2, 0.25) is 5.02 Å². The third-order valence-electron chi connectivity index (χ3n) is 6.04. The summed E-state index contributed by atoms with van der Waals surface area (Å²) in [4.78, 5) is 23.8. The van der Waals surface area contributed by atoms with Crippen molar-refractivity contribution in [3.63, 3.8) is 0 Å². The Hall–Kier alpha value is -3.89. The third kappa shape index (κ3) is 4.45. The summed E-state index contributed by atoms with van der Waals surface area (Å²) in [5, 5.41) is 0.00351. The fourth-order valence-electron chi connectivity index (χ4n) is 4.40. The van der Waals surface area contributed by atoms with Crippen LogP contribution in [0.5, 0.6) is 11.5 Å². The van der Waals surface area contributed by atoms with Crippen molar-refractivity contribution in [2.24, 2.45) is 0 Å². The molecular weight excluding hydrogens is 467 g/mol. The minimum atomic E-state index is -0.603. The first-order chi connectivity index (χ1) is 17.1. The lowest BCUT2D eigenvalue weighted by molar-refractivity contribution is -0.129. The number of likely N-dealkylation sites (tertiary alicyclic amines) is 1. The van der Waals surface area contributed by atoms with E-state index in [1.54, 1.807) is 37.5 Å². The number of imidazole rings is 1. The van der Waals surface area contributed by atoms with E-state index >= 15 is 0 Å². The minimum absolute atomic E-state index is 0.00351.